The fourth-order valence-electron chi connectivity index (χ4n) is 19.5. The van der Waals surface area contributed by atoms with Gasteiger partial charge in [-0.05, 0) is 245 Å². The summed E-state index contributed by atoms with van der Waals surface area (Å²) in [7, 11) is 0. The van der Waals surface area contributed by atoms with E-state index >= 15 is 0 Å². The average molecular weight is 1380 g/mol. The van der Waals surface area contributed by atoms with Crippen LogP contribution in [-0.4, -0.2) is 0 Å². The summed E-state index contributed by atoms with van der Waals surface area (Å²) in [5, 5.41) is 9.18. The van der Waals surface area contributed by atoms with Gasteiger partial charge in [0.2, 0.25) is 0 Å². The van der Waals surface area contributed by atoms with Crippen molar-refractivity contribution in [3.05, 3.63) is 357 Å². The Hall–Kier alpha value is -8.72. The highest BCUT2D eigenvalue weighted by molar-refractivity contribution is 9.10. The van der Waals surface area contributed by atoms with E-state index in [1.807, 2.05) is 45.3 Å². The van der Waals surface area contributed by atoms with Gasteiger partial charge in [-0.15, -0.1) is 45.3 Å². The predicted molar refractivity (Wildman–Crippen MR) is 414 cm³/mol. The molecule has 0 N–H and O–H groups in total. The van der Waals surface area contributed by atoms with Crippen LogP contribution in [0, 0.1) is 0 Å². The number of halogens is 1. The zero-order valence-electron chi connectivity index (χ0n) is 55.4. The third-order valence-corrected chi connectivity index (χ3v) is 28.4. The van der Waals surface area contributed by atoms with Gasteiger partial charge >= 0.3 is 0 Å². The maximum atomic E-state index is 3.56. The molecule has 0 saturated heterocycles. The van der Waals surface area contributed by atoms with Crippen molar-refractivity contribution in [2.45, 2.75) is 94.3 Å². The molecule has 0 saturated carbocycles. The van der Waals surface area contributed by atoms with E-state index < -0.39 is 0 Å². The summed E-state index contributed by atoms with van der Waals surface area (Å²) in [5.74, 6) is 0. The normalized spacial score (nSPS) is 16.9. The molecule has 0 fully saturated rings. The van der Waals surface area contributed by atoms with Crippen molar-refractivity contribution >= 4 is 78.3 Å². The second-order valence-corrected chi connectivity index (χ2v) is 34.5. The second-order valence-electron chi connectivity index (χ2n) is 29.9. The molecule has 0 amide bonds. The van der Waals surface area contributed by atoms with Crippen molar-refractivity contribution in [1.82, 2.24) is 0 Å². The molecular weight excluding hydrogens is 1320 g/mol. The number of fused-ring (bicyclic) bond motifs is 30. The molecule has 0 bridgehead atoms. The van der Waals surface area contributed by atoms with Crippen LogP contribution in [0.1, 0.15) is 156 Å². The van der Waals surface area contributed by atoms with E-state index in [2.05, 4.69) is 328 Å². The molecule has 8 aliphatic rings. The van der Waals surface area contributed by atoms with Crippen molar-refractivity contribution in [3.8, 4) is 64.0 Å². The first-order valence-electron chi connectivity index (χ1n) is 34.1. The van der Waals surface area contributed by atoms with E-state index in [9.17, 15) is 0 Å². The van der Waals surface area contributed by atoms with Gasteiger partial charge in [-0.2, -0.15) is 0 Å². The van der Waals surface area contributed by atoms with E-state index in [0.717, 1.165) is 10.9 Å². The van der Waals surface area contributed by atoms with Crippen LogP contribution in [0.25, 0.3) is 64.0 Å². The molecule has 97 heavy (non-hydrogen) atoms. The van der Waals surface area contributed by atoms with Crippen LogP contribution in [0.15, 0.2) is 257 Å². The molecule has 2 spiro atoms. The Morgan fingerprint density at radius 3 is 1.14 bits per heavy atom. The van der Waals surface area contributed by atoms with Gasteiger partial charge in [-0.1, -0.05) is 229 Å². The van der Waals surface area contributed by atoms with Gasteiger partial charge < -0.3 is 4.90 Å². The Labute approximate surface area is 593 Å². The molecule has 7 aliphatic carbocycles. The first-order valence-corrected chi connectivity index (χ1v) is 38.4. The lowest BCUT2D eigenvalue weighted by Gasteiger charge is -2.45. The minimum absolute atomic E-state index is 0.0296. The fraction of sp³-hybridized carbons (Fsp3) is 0.165. The van der Waals surface area contributed by atoms with Gasteiger partial charge in [0, 0.05) is 51.3 Å². The molecule has 10 aromatic carbocycles. The molecule has 0 unspecified atom stereocenters. The van der Waals surface area contributed by atoms with Crippen LogP contribution in [-0.2, 0) is 38.9 Å². The number of benzene rings is 10. The Balaban J connectivity index is 0.000000112. The maximum Gasteiger partial charge on any atom is 0.0771 e. The van der Waals surface area contributed by atoms with Gasteiger partial charge in [0.25, 0.3) is 0 Å². The van der Waals surface area contributed by atoms with Gasteiger partial charge in [-0.25, -0.2) is 0 Å². The van der Waals surface area contributed by atoms with Gasteiger partial charge in [0.1, 0.15) is 0 Å². The Kier molecular flexibility index (Phi) is 12.2. The predicted octanol–water partition coefficient (Wildman–Crippen LogP) is 25.7. The SMILES string of the molecule is CC1(C)c2ccccc2-c2cc3c(cc21)Cc1ccccc1C31c2ccsc2-c2sccc21.CC1(C)c2ccccc2-c2ccc(Br)cc21.CC1(C)c2ccccc2-c2ccc(N3c4ccccc4C4(c5cc6c(cc53)C(C)(C)c3ccccc3-6)c3ccsc3-c3sccc34)cc21. The summed E-state index contributed by atoms with van der Waals surface area (Å²) in [6.45, 7) is 18.9. The minimum Gasteiger partial charge on any atom is -0.310 e. The standard InChI is InChI=1S/C45H33NS2.C31H22S2.C15H13Br/c1-43(2)31-13-7-5-11-27(31)29-18-17-26(23-36(29)43)46-39-16-10-9-15-33(39)45(34-19-21-47-41(34)42-35(45)20-22-48-42)38-24-30-28-12-6-8-14-32(28)44(3,4)37(30)25-40(38)46;1-30(2)23-10-6-4-8-20(23)21-17-26-19(16-27(21)30)15-18-7-3-5-9-22(18)31(26)24-11-13-32-28(24)29-25(31)12-14-33-29;1-15(2)13-6-4-3-5-11(13)12-8-7-10(16)9-14(12)15/h5-25H,1-4H3;3-14,16-17H,15H2,1-2H3;3-9H,1-2H3. The molecule has 14 aromatic rings. The summed E-state index contributed by atoms with van der Waals surface area (Å²) < 4.78 is 1.16. The summed E-state index contributed by atoms with van der Waals surface area (Å²) >= 11 is 11.1. The molecule has 1 nitrogen and oxygen atoms in total. The molecule has 1 aliphatic heterocycles. The first kappa shape index (κ1) is 58.4. The number of rotatable bonds is 1. The molecular formula is C91H68BrNS4. The van der Waals surface area contributed by atoms with Gasteiger partial charge in [0.15, 0.2) is 0 Å². The minimum atomic E-state index is -0.379. The van der Waals surface area contributed by atoms with E-state index in [4.69, 9.17) is 0 Å². The third kappa shape index (κ3) is 7.48. The zero-order chi connectivity index (χ0) is 65.4. The number of anilines is 3. The Morgan fingerprint density at radius 2 is 0.639 bits per heavy atom. The highest BCUT2D eigenvalue weighted by Gasteiger charge is 2.56. The zero-order valence-corrected chi connectivity index (χ0v) is 60.3. The number of para-hydroxylation sites is 1. The number of thiophene rings is 4. The van der Waals surface area contributed by atoms with Gasteiger partial charge in [0.05, 0.1) is 22.2 Å². The van der Waals surface area contributed by atoms with Crippen molar-refractivity contribution in [1.29, 1.82) is 0 Å². The summed E-state index contributed by atoms with van der Waals surface area (Å²) in [6, 6.07) is 87.8. The topological polar surface area (TPSA) is 3.24 Å². The lowest BCUT2D eigenvalue weighted by Crippen LogP contribution is -2.36. The van der Waals surface area contributed by atoms with Crippen molar-refractivity contribution in [2.24, 2.45) is 0 Å². The largest absolute Gasteiger partial charge is 0.310 e. The summed E-state index contributed by atoms with van der Waals surface area (Å²) in [4.78, 5) is 8.36. The molecule has 4 aromatic heterocycles. The van der Waals surface area contributed by atoms with Crippen molar-refractivity contribution in [3.63, 3.8) is 0 Å². The van der Waals surface area contributed by atoms with Crippen LogP contribution in [0.4, 0.5) is 17.1 Å². The second kappa shape index (κ2) is 20.2. The van der Waals surface area contributed by atoms with E-state index in [-0.39, 0.29) is 32.5 Å². The van der Waals surface area contributed by atoms with E-state index in [1.54, 1.807) is 0 Å². The molecule has 468 valence electrons. The smallest absolute Gasteiger partial charge is 0.0771 e. The molecule has 5 heterocycles. The van der Waals surface area contributed by atoms with Crippen molar-refractivity contribution in [2.75, 3.05) is 4.90 Å². The molecule has 0 radical (unpaired) electrons. The lowest BCUT2D eigenvalue weighted by molar-refractivity contribution is 0.655. The fourth-order valence-corrected chi connectivity index (χ4v) is 24.1. The van der Waals surface area contributed by atoms with Crippen LogP contribution in [0.3, 0.4) is 0 Å². The Morgan fingerprint density at radius 1 is 0.268 bits per heavy atom. The van der Waals surface area contributed by atoms with E-state index in [0.29, 0.717) is 0 Å². The highest BCUT2D eigenvalue weighted by atomic mass is 79.9. The first-order chi connectivity index (χ1) is 47.0. The number of hydrogen-bond acceptors (Lipinski definition) is 5. The number of hydrogen-bond donors (Lipinski definition) is 0. The third-order valence-electron chi connectivity index (χ3n) is 24.0. The Bertz CT molecular complexity index is 5670. The maximum absolute atomic E-state index is 3.56. The summed E-state index contributed by atoms with van der Waals surface area (Å²) in [5.41, 5.74) is 40.1. The number of nitrogens with zero attached hydrogens (tertiary/aromatic N) is 1. The van der Waals surface area contributed by atoms with Crippen LogP contribution < -0.4 is 4.90 Å². The molecule has 0 atom stereocenters. The highest BCUT2D eigenvalue weighted by Crippen LogP contribution is 2.69. The van der Waals surface area contributed by atoms with Crippen molar-refractivity contribution < 1.29 is 0 Å². The quantitative estimate of drug-likeness (QED) is 0.158. The molecule has 22 rings (SSSR count). The molecule has 6 heteroatoms. The van der Waals surface area contributed by atoms with Gasteiger partial charge in [-0.3, -0.25) is 0 Å². The average Bonchev–Trinajstić information content (AvgIpc) is 1.54. The van der Waals surface area contributed by atoms with E-state index in [1.165, 1.54) is 181 Å². The lowest BCUT2D eigenvalue weighted by atomic mass is 9.61. The van der Waals surface area contributed by atoms with Crippen LogP contribution in [0.5, 0.6) is 0 Å². The van der Waals surface area contributed by atoms with Crippen LogP contribution >= 0.6 is 61.3 Å². The monoisotopic (exact) mass is 1380 g/mol. The summed E-state index contributed by atoms with van der Waals surface area (Å²) in [6.07, 6.45) is 1.01. The van der Waals surface area contributed by atoms with Crippen LogP contribution in [0.2, 0.25) is 0 Å².